The molecule has 0 fully saturated rings. The standard InChI is InChI=1S/2C13H15.2CH3.2ClH.Hf.H2Si/c2*1-2-3-6-11-9-12-7-4-5-8-13(12)10-11;;;;;;/h2*4-5,7-10H,2-3,6H2,1H3;2*1H3;2*1H;;1H2. The molecule has 0 spiro atoms. The van der Waals surface area contributed by atoms with E-state index in [1.54, 1.807) is 22.3 Å². The smallest absolute Gasteiger partial charge is 0.147 e. The van der Waals surface area contributed by atoms with E-state index in [4.69, 9.17) is 0 Å². The molecule has 174 valence electrons. The van der Waals surface area contributed by atoms with E-state index in [1.165, 1.54) is 49.7 Å². The van der Waals surface area contributed by atoms with Crippen LogP contribution in [0.3, 0.4) is 0 Å². The predicted octanol–water partition coefficient (Wildman–Crippen LogP) is 8.82. The molecule has 0 aromatic heterocycles. The van der Waals surface area contributed by atoms with Gasteiger partial charge in [0, 0.05) is 0 Å². The second-order valence-electron chi connectivity index (χ2n) is 10.7. The molecule has 2 unspecified atom stereocenters. The maximum atomic E-state index is 2.79. The van der Waals surface area contributed by atoms with Gasteiger partial charge in [0.2, 0.25) is 0 Å². The van der Waals surface area contributed by atoms with Crippen LogP contribution in [0.25, 0.3) is 12.2 Å². The number of hydrogen-bond donors (Lipinski definition) is 0. The first kappa shape index (κ1) is 27.8. The Morgan fingerprint density at radius 1 is 0.688 bits per heavy atom. The molecule has 32 heavy (non-hydrogen) atoms. The molecule has 0 aliphatic heterocycles. The van der Waals surface area contributed by atoms with Crippen molar-refractivity contribution in [1.82, 2.24) is 0 Å². The number of halogens is 2. The summed E-state index contributed by atoms with van der Waals surface area (Å²) >= 11 is -3.46. The van der Waals surface area contributed by atoms with Gasteiger partial charge in [0.25, 0.3) is 0 Å². The van der Waals surface area contributed by atoms with Crippen LogP contribution in [0.1, 0.15) is 82.0 Å². The van der Waals surface area contributed by atoms with Crippen molar-refractivity contribution >= 4 is 43.9 Å². The summed E-state index contributed by atoms with van der Waals surface area (Å²) in [4.78, 5) is 0. The zero-order chi connectivity index (χ0) is 21.4. The Labute approximate surface area is 210 Å². The number of allylic oxidation sites excluding steroid dienone is 2. The Bertz CT molecular complexity index is 997. The fraction of sp³-hybridized carbons (Fsp3) is 0.429. The molecule has 2 aromatic rings. The van der Waals surface area contributed by atoms with E-state index in [-0.39, 0.29) is 24.8 Å². The van der Waals surface area contributed by atoms with Crippen LogP contribution < -0.4 is 0 Å². The zero-order valence-electron chi connectivity index (χ0n) is 20.2. The van der Waals surface area contributed by atoms with E-state index < -0.39 is 17.1 Å². The summed E-state index contributed by atoms with van der Waals surface area (Å²) in [6.45, 7) is 7.15. The Morgan fingerprint density at radius 2 is 1.06 bits per heavy atom. The van der Waals surface area contributed by atoms with Gasteiger partial charge in [-0.3, -0.25) is 0 Å². The molecule has 2 aromatic carbocycles. The SMILES string of the molecule is CCCCC1=Cc2ccccc2[CH]1[Hf]([CH3])([CH3])(=[SiH2])[CH]1C(CCCC)=Cc2ccccc21.Cl.Cl. The second kappa shape index (κ2) is 10.9. The third-order valence-corrected chi connectivity index (χ3v) is 32.8. The van der Waals surface area contributed by atoms with Gasteiger partial charge in [-0.15, -0.1) is 24.8 Å². The molecule has 0 saturated heterocycles. The summed E-state index contributed by atoms with van der Waals surface area (Å²) in [5.74, 6) is 0. The molecule has 4 rings (SSSR count). The van der Waals surface area contributed by atoms with Gasteiger partial charge in [0.1, 0.15) is 0 Å². The number of hydrogen-bond acceptors (Lipinski definition) is 0. The van der Waals surface area contributed by atoms with E-state index in [9.17, 15) is 0 Å². The maximum Gasteiger partial charge on any atom is -0.147 e. The van der Waals surface area contributed by atoms with Crippen LogP contribution in [-0.2, 0) is 17.1 Å². The third kappa shape index (κ3) is 4.99. The van der Waals surface area contributed by atoms with Crippen LogP contribution in [-0.4, -0.2) is 6.94 Å². The largest absolute Gasteiger partial charge is 0.147 e. The Morgan fingerprint density at radius 3 is 1.44 bits per heavy atom. The van der Waals surface area contributed by atoms with Crippen molar-refractivity contribution in [2.45, 2.75) is 69.1 Å². The van der Waals surface area contributed by atoms with Gasteiger partial charge >= 0.3 is 187 Å². The minimum Gasteiger partial charge on any atom is -0.147 e. The molecule has 0 amide bonds. The molecule has 0 radical (unpaired) electrons. The van der Waals surface area contributed by atoms with E-state index in [0.29, 0.717) is 7.35 Å². The fourth-order valence-electron chi connectivity index (χ4n) is 6.38. The quantitative estimate of drug-likeness (QED) is 0.250. The zero-order valence-corrected chi connectivity index (χ0v) is 26.8. The Kier molecular flexibility index (Phi) is 9.47. The molecule has 2 aliphatic rings. The normalized spacial score (nSPS) is 19.3. The summed E-state index contributed by atoms with van der Waals surface area (Å²) in [6, 6.07) is 18.6. The second-order valence-corrected chi connectivity index (χ2v) is 54.2. The fourth-order valence-corrected chi connectivity index (χ4v) is 35.1. The predicted molar refractivity (Wildman–Crippen MR) is 148 cm³/mol. The molecule has 0 N–H and O–H groups in total. The van der Waals surface area contributed by atoms with Gasteiger partial charge in [0.05, 0.1) is 0 Å². The molecule has 2 atom stereocenters. The van der Waals surface area contributed by atoms with Crippen LogP contribution in [0, 0.1) is 0 Å². The minimum absolute atomic E-state index is 0. The summed E-state index contributed by atoms with van der Waals surface area (Å²) in [6.07, 6.45) is 12.9. The first-order valence-electron chi connectivity index (χ1n) is 12.0. The summed E-state index contributed by atoms with van der Waals surface area (Å²) in [7, 11) is 0. The third-order valence-electron chi connectivity index (χ3n) is 7.57. The van der Waals surface area contributed by atoms with Crippen molar-refractivity contribution < 1.29 is 17.1 Å². The molecule has 2 aliphatic carbocycles. The van der Waals surface area contributed by atoms with Crippen LogP contribution in [0.5, 0.6) is 0 Å². The van der Waals surface area contributed by atoms with Crippen molar-refractivity contribution in [1.29, 1.82) is 0 Å². The molecular formula is C28H40Cl2HfSi. The molecule has 0 saturated carbocycles. The first-order chi connectivity index (χ1) is 14.4. The summed E-state index contributed by atoms with van der Waals surface area (Å²) in [5, 5.41) is 0. The van der Waals surface area contributed by atoms with Crippen molar-refractivity contribution in [3.8, 4) is 0 Å². The number of rotatable bonds is 8. The van der Waals surface area contributed by atoms with Crippen molar-refractivity contribution in [2.24, 2.45) is 0 Å². The van der Waals surface area contributed by atoms with Crippen molar-refractivity contribution in [3.63, 3.8) is 0 Å². The van der Waals surface area contributed by atoms with Gasteiger partial charge in [-0.25, -0.2) is 0 Å². The Balaban J connectivity index is 0.00000181. The average Bonchev–Trinajstić information content (AvgIpc) is 3.29. The number of benzene rings is 2. The average molecular weight is 654 g/mol. The number of unbranched alkanes of at least 4 members (excludes halogenated alkanes) is 2. The Hall–Kier alpha value is -0.413. The van der Waals surface area contributed by atoms with Gasteiger partial charge in [-0.2, -0.15) is 0 Å². The topological polar surface area (TPSA) is 0 Å². The number of fused-ring (bicyclic) bond motifs is 2. The van der Waals surface area contributed by atoms with E-state index in [1.807, 2.05) is 0 Å². The van der Waals surface area contributed by atoms with Crippen molar-refractivity contribution in [2.75, 3.05) is 0 Å². The minimum atomic E-state index is -3.46. The van der Waals surface area contributed by atoms with Crippen LogP contribution in [0.2, 0.25) is 9.36 Å². The molecule has 4 heteroatoms. The van der Waals surface area contributed by atoms with Crippen LogP contribution >= 0.6 is 24.8 Å². The van der Waals surface area contributed by atoms with E-state index in [0.717, 1.165) is 0 Å². The van der Waals surface area contributed by atoms with Crippen LogP contribution in [0.4, 0.5) is 0 Å². The molecule has 0 heterocycles. The monoisotopic (exact) mass is 654 g/mol. The van der Waals surface area contributed by atoms with Crippen molar-refractivity contribution in [3.05, 3.63) is 81.9 Å². The molecule has 0 nitrogen and oxygen atoms in total. The van der Waals surface area contributed by atoms with Gasteiger partial charge in [-0.1, -0.05) is 0 Å². The van der Waals surface area contributed by atoms with Gasteiger partial charge < -0.3 is 0 Å². The molecule has 0 bridgehead atoms. The van der Waals surface area contributed by atoms with Gasteiger partial charge in [-0.05, 0) is 0 Å². The summed E-state index contributed by atoms with van der Waals surface area (Å²) in [5.41, 5.74) is 9.76. The first-order valence-corrected chi connectivity index (χ1v) is 31.7. The van der Waals surface area contributed by atoms with Gasteiger partial charge in [0.15, 0.2) is 0 Å². The molecular weight excluding hydrogens is 614 g/mol. The van der Waals surface area contributed by atoms with E-state index >= 15 is 0 Å². The van der Waals surface area contributed by atoms with Crippen LogP contribution in [0.15, 0.2) is 59.7 Å². The maximum absolute atomic E-state index is 3.46. The summed E-state index contributed by atoms with van der Waals surface area (Å²) < 4.78 is 6.94. The van der Waals surface area contributed by atoms with E-state index in [2.05, 4.69) is 90.8 Å².